The van der Waals surface area contributed by atoms with Gasteiger partial charge in [-0.15, -0.1) is 0 Å². The molecule has 29 heavy (non-hydrogen) atoms. The van der Waals surface area contributed by atoms with E-state index in [4.69, 9.17) is 0 Å². The van der Waals surface area contributed by atoms with E-state index in [0.717, 1.165) is 30.4 Å². The highest BCUT2D eigenvalue weighted by Gasteiger charge is 2.45. The van der Waals surface area contributed by atoms with Gasteiger partial charge in [0, 0.05) is 31.7 Å². The minimum Gasteiger partial charge on any atom is -0.355 e. The number of nitrogens with one attached hydrogen (secondary N) is 1. The van der Waals surface area contributed by atoms with E-state index >= 15 is 0 Å². The van der Waals surface area contributed by atoms with E-state index in [1.807, 2.05) is 43.3 Å². The monoisotopic (exact) mass is 393 g/mol. The van der Waals surface area contributed by atoms with Gasteiger partial charge in [0.05, 0.1) is 13.0 Å². The first-order valence-electron chi connectivity index (χ1n) is 10.3. The third-order valence-electron chi connectivity index (χ3n) is 6.06. The van der Waals surface area contributed by atoms with Crippen LogP contribution in [0.3, 0.4) is 0 Å². The Balaban J connectivity index is 1.59. The van der Waals surface area contributed by atoms with Gasteiger partial charge in [-0.1, -0.05) is 60.7 Å². The molecule has 1 N–H and O–H groups in total. The molecule has 5 nitrogen and oxygen atoms in total. The number of carbonyl (C=O) groups excluding carboxylic acids is 3. The van der Waals surface area contributed by atoms with Crippen LogP contribution in [0.2, 0.25) is 0 Å². The Labute approximate surface area is 172 Å². The van der Waals surface area contributed by atoms with Gasteiger partial charge in [-0.25, -0.2) is 9.59 Å². The van der Waals surface area contributed by atoms with E-state index in [1.165, 1.54) is 0 Å². The van der Waals surface area contributed by atoms with Crippen molar-refractivity contribution in [3.63, 3.8) is 0 Å². The molecule has 0 aliphatic carbocycles. The molecule has 0 radical (unpaired) electrons. The molecule has 1 heterocycles. The largest absolute Gasteiger partial charge is 0.355 e. The SMILES string of the molecule is C[C@@H]1CCC[N+]1(C=O)C(=O)CCC(=O)NCC(c1ccccc1)c1ccccc1. The second-order valence-electron chi connectivity index (χ2n) is 7.82. The summed E-state index contributed by atoms with van der Waals surface area (Å²) >= 11 is 0. The van der Waals surface area contributed by atoms with E-state index in [1.54, 1.807) is 0 Å². The molecule has 1 aliphatic rings. The van der Waals surface area contributed by atoms with Gasteiger partial charge >= 0.3 is 12.3 Å². The lowest BCUT2D eigenvalue weighted by molar-refractivity contribution is -0.780. The number of hydrogen-bond acceptors (Lipinski definition) is 3. The van der Waals surface area contributed by atoms with Crippen molar-refractivity contribution < 1.29 is 18.9 Å². The van der Waals surface area contributed by atoms with Gasteiger partial charge in [0.15, 0.2) is 0 Å². The fraction of sp³-hybridized carbons (Fsp3) is 0.375. The Kier molecular flexibility index (Phi) is 6.94. The van der Waals surface area contributed by atoms with Crippen molar-refractivity contribution in [3.05, 3.63) is 71.8 Å². The van der Waals surface area contributed by atoms with E-state index in [0.29, 0.717) is 13.1 Å². The van der Waals surface area contributed by atoms with Crippen molar-refractivity contribution in [2.75, 3.05) is 13.1 Å². The summed E-state index contributed by atoms with van der Waals surface area (Å²) in [5, 5.41) is 2.98. The van der Waals surface area contributed by atoms with Crippen LogP contribution in [0.4, 0.5) is 0 Å². The number of carbonyl (C=O) groups is 3. The molecule has 5 heteroatoms. The summed E-state index contributed by atoms with van der Waals surface area (Å²) in [5.74, 6) is -0.266. The quantitative estimate of drug-likeness (QED) is 0.552. The molecule has 0 saturated carbocycles. The Bertz CT molecular complexity index is 798. The Morgan fingerprint density at radius 2 is 1.62 bits per heavy atom. The average molecular weight is 394 g/mol. The van der Waals surface area contributed by atoms with Crippen LogP contribution >= 0.6 is 0 Å². The predicted octanol–water partition coefficient (Wildman–Crippen LogP) is 3.40. The zero-order valence-corrected chi connectivity index (χ0v) is 16.9. The van der Waals surface area contributed by atoms with Crippen molar-refractivity contribution in [3.8, 4) is 0 Å². The van der Waals surface area contributed by atoms with Crippen molar-refractivity contribution >= 4 is 18.2 Å². The molecule has 1 unspecified atom stereocenters. The molecular weight excluding hydrogens is 364 g/mol. The van der Waals surface area contributed by atoms with Crippen LogP contribution in [0.25, 0.3) is 0 Å². The topological polar surface area (TPSA) is 63.2 Å². The van der Waals surface area contributed by atoms with E-state index < -0.39 is 0 Å². The first-order chi connectivity index (χ1) is 14.1. The van der Waals surface area contributed by atoms with Crippen LogP contribution < -0.4 is 5.32 Å². The zero-order chi connectivity index (χ0) is 20.7. The second-order valence-corrected chi connectivity index (χ2v) is 7.82. The van der Waals surface area contributed by atoms with Gasteiger partial charge in [0.2, 0.25) is 5.91 Å². The molecule has 3 rings (SSSR count). The number of likely N-dealkylation sites (tertiary alicyclic amines) is 1. The number of amides is 3. The first kappa shape index (κ1) is 20.9. The molecule has 1 fully saturated rings. The minimum atomic E-state index is -0.161. The van der Waals surface area contributed by atoms with E-state index in [-0.39, 0.29) is 41.1 Å². The average Bonchev–Trinajstić information content (AvgIpc) is 3.15. The summed E-state index contributed by atoms with van der Waals surface area (Å²) in [6.07, 6.45) is 2.70. The molecule has 152 valence electrons. The molecule has 1 saturated heterocycles. The molecule has 3 amide bonds. The van der Waals surface area contributed by atoms with Crippen LogP contribution in [0.15, 0.2) is 60.7 Å². The van der Waals surface area contributed by atoms with Gasteiger partial charge in [-0.3, -0.25) is 4.79 Å². The standard InChI is InChI=1S/C24H28N2O3/c1-19-9-8-16-26(19,18-27)24(29)15-14-23(28)25-17-22(20-10-4-2-5-11-20)21-12-6-3-7-13-21/h2-7,10-13,18-19,22H,8-9,14-17H2,1H3/p+1/t19-,26?/m1/s1. The third-order valence-corrected chi connectivity index (χ3v) is 6.06. The van der Waals surface area contributed by atoms with Gasteiger partial charge in [0.1, 0.15) is 6.04 Å². The van der Waals surface area contributed by atoms with Crippen LogP contribution in [-0.2, 0) is 14.4 Å². The summed E-state index contributed by atoms with van der Waals surface area (Å²) in [5.41, 5.74) is 2.26. The van der Waals surface area contributed by atoms with Gasteiger partial charge in [-0.05, 0) is 18.1 Å². The fourth-order valence-electron chi connectivity index (χ4n) is 4.22. The minimum absolute atomic E-state index is 0.00334. The lowest BCUT2D eigenvalue weighted by Crippen LogP contribution is -2.54. The molecule has 1 aliphatic heterocycles. The normalized spacial score (nSPS) is 21.1. The molecule has 2 atom stereocenters. The number of benzene rings is 2. The highest BCUT2D eigenvalue weighted by molar-refractivity contribution is 5.83. The molecule has 2 aromatic rings. The maximum absolute atomic E-state index is 12.7. The Morgan fingerprint density at radius 3 is 2.10 bits per heavy atom. The smallest absolute Gasteiger partial charge is 0.321 e. The number of quaternary nitrogens is 1. The number of hydrogen-bond donors (Lipinski definition) is 1. The molecule has 0 spiro atoms. The van der Waals surface area contributed by atoms with Crippen LogP contribution in [-0.4, -0.2) is 41.8 Å². The third kappa shape index (κ3) is 4.80. The van der Waals surface area contributed by atoms with Crippen LogP contribution in [0.1, 0.15) is 49.7 Å². The molecule has 2 aromatic carbocycles. The number of rotatable bonds is 8. The highest BCUT2D eigenvalue weighted by atomic mass is 16.2. The number of imide groups is 1. The summed E-state index contributed by atoms with van der Waals surface area (Å²) in [6, 6.07) is 20.1. The predicted molar refractivity (Wildman–Crippen MR) is 112 cm³/mol. The van der Waals surface area contributed by atoms with E-state index in [9.17, 15) is 14.4 Å². The van der Waals surface area contributed by atoms with Crippen LogP contribution in [0, 0.1) is 0 Å². The van der Waals surface area contributed by atoms with Crippen molar-refractivity contribution in [1.82, 2.24) is 5.32 Å². The summed E-state index contributed by atoms with van der Waals surface area (Å²) < 4.78 is -0.135. The Morgan fingerprint density at radius 1 is 1.03 bits per heavy atom. The summed E-state index contributed by atoms with van der Waals surface area (Å²) in [6.45, 7) is 2.95. The van der Waals surface area contributed by atoms with Crippen molar-refractivity contribution in [2.45, 2.75) is 44.6 Å². The Hall–Kier alpha value is -2.79. The van der Waals surface area contributed by atoms with Crippen LogP contribution in [0.5, 0.6) is 0 Å². The van der Waals surface area contributed by atoms with Gasteiger partial charge in [-0.2, -0.15) is 4.48 Å². The second kappa shape index (κ2) is 9.61. The number of nitrogens with zero attached hydrogens (tertiary/aromatic N) is 1. The zero-order valence-electron chi connectivity index (χ0n) is 16.9. The highest BCUT2D eigenvalue weighted by Crippen LogP contribution is 2.27. The summed E-state index contributed by atoms with van der Waals surface area (Å²) in [7, 11) is 0. The molecule has 0 bridgehead atoms. The molecule has 0 aromatic heterocycles. The maximum atomic E-state index is 12.7. The molecular formula is C24H29N2O3+. The first-order valence-corrected chi connectivity index (χ1v) is 10.3. The summed E-state index contributed by atoms with van der Waals surface area (Å²) in [4.78, 5) is 36.7. The van der Waals surface area contributed by atoms with Gasteiger partial charge < -0.3 is 5.32 Å². The maximum Gasteiger partial charge on any atom is 0.321 e. The lowest BCUT2D eigenvalue weighted by Gasteiger charge is -2.28. The van der Waals surface area contributed by atoms with Crippen molar-refractivity contribution in [2.24, 2.45) is 0 Å². The van der Waals surface area contributed by atoms with E-state index in [2.05, 4.69) is 29.6 Å². The van der Waals surface area contributed by atoms with Crippen molar-refractivity contribution in [1.29, 1.82) is 0 Å². The fourth-order valence-corrected chi connectivity index (χ4v) is 4.22. The lowest BCUT2D eigenvalue weighted by atomic mass is 9.91. The van der Waals surface area contributed by atoms with Gasteiger partial charge in [0.25, 0.3) is 0 Å².